The molecule has 64 valence electrons. The lowest BCUT2D eigenvalue weighted by Crippen LogP contribution is -2.26. The van der Waals surface area contributed by atoms with Gasteiger partial charge in [0.25, 0.3) is 0 Å². The molecule has 0 N–H and O–H groups in total. The minimum atomic E-state index is -0.384. The van der Waals surface area contributed by atoms with Crippen LogP contribution in [0.3, 0.4) is 0 Å². The van der Waals surface area contributed by atoms with Crippen molar-refractivity contribution in [3.8, 4) is 6.07 Å². The van der Waals surface area contributed by atoms with E-state index in [2.05, 4.69) is 6.07 Å². The second-order valence-electron chi connectivity index (χ2n) is 3.20. The molecule has 0 aromatic heterocycles. The molecule has 0 bridgehead atoms. The Kier molecular flexibility index (Phi) is 1.86. The third-order valence-electron chi connectivity index (χ3n) is 2.40. The first-order chi connectivity index (χ1) is 6.27. The van der Waals surface area contributed by atoms with Crippen molar-refractivity contribution in [3.63, 3.8) is 0 Å². The van der Waals surface area contributed by atoms with Crippen molar-refractivity contribution in [2.45, 2.75) is 11.8 Å². The Hall–Kier alpha value is -1.26. The number of nitriles is 1. The summed E-state index contributed by atoms with van der Waals surface area (Å²) in [5, 5.41) is 9.73. The van der Waals surface area contributed by atoms with Crippen LogP contribution in [0.1, 0.15) is 12.0 Å². The summed E-state index contributed by atoms with van der Waals surface area (Å²) in [6.07, 6.45) is 4.76. The second kappa shape index (κ2) is 2.90. The Balaban J connectivity index is 2.42. The number of halogens is 1. The Bertz CT molecular complexity index is 386. The zero-order chi connectivity index (χ0) is 9.31. The zero-order valence-electron chi connectivity index (χ0n) is 7.00. The molecule has 1 nitrogen and oxygen atoms in total. The molecule has 1 aromatic rings. The predicted molar refractivity (Wildman–Crippen MR) is 52.5 cm³/mol. The number of rotatable bonds is 1. The normalized spacial score (nSPS) is 24.9. The van der Waals surface area contributed by atoms with Crippen molar-refractivity contribution in [2.75, 3.05) is 0 Å². The van der Waals surface area contributed by atoms with Gasteiger partial charge in [-0.15, -0.1) is 0 Å². The van der Waals surface area contributed by atoms with Gasteiger partial charge in [0.2, 0.25) is 0 Å². The maximum absolute atomic E-state index is 9.03. The predicted octanol–water partition coefficient (Wildman–Crippen LogP) is 3.06. The van der Waals surface area contributed by atoms with Crippen LogP contribution in [-0.2, 0) is 5.41 Å². The van der Waals surface area contributed by atoms with Crippen LogP contribution in [0.5, 0.6) is 0 Å². The van der Waals surface area contributed by atoms with E-state index in [0.29, 0.717) is 5.02 Å². The number of hydrogen-bond donors (Lipinski definition) is 0. The van der Waals surface area contributed by atoms with E-state index in [0.717, 1.165) is 12.0 Å². The number of benzene rings is 1. The van der Waals surface area contributed by atoms with Gasteiger partial charge in [0.15, 0.2) is 0 Å². The Morgan fingerprint density at radius 2 is 1.92 bits per heavy atom. The van der Waals surface area contributed by atoms with Gasteiger partial charge in [-0.3, -0.25) is 0 Å². The highest BCUT2D eigenvalue weighted by molar-refractivity contribution is 6.30. The topological polar surface area (TPSA) is 23.8 Å². The highest BCUT2D eigenvalue weighted by atomic mass is 35.5. The first kappa shape index (κ1) is 8.34. The van der Waals surface area contributed by atoms with Gasteiger partial charge in [-0.25, -0.2) is 0 Å². The maximum Gasteiger partial charge on any atom is 0.104 e. The fraction of sp³-hybridized carbons (Fsp3) is 0.182. The molecule has 1 unspecified atom stereocenters. The van der Waals surface area contributed by atoms with Crippen LogP contribution in [-0.4, -0.2) is 0 Å². The molecule has 0 radical (unpaired) electrons. The quantitative estimate of drug-likeness (QED) is 0.623. The Morgan fingerprint density at radius 3 is 2.31 bits per heavy atom. The van der Waals surface area contributed by atoms with Crippen LogP contribution in [0.2, 0.25) is 5.02 Å². The lowest BCUT2D eigenvalue weighted by Gasteiger charge is -2.28. The third kappa shape index (κ3) is 1.24. The van der Waals surface area contributed by atoms with Crippen molar-refractivity contribution in [1.82, 2.24) is 0 Å². The fourth-order valence-corrected chi connectivity index (χ4v) is 1.59. The Morgan fingerprint density at radius 1 is 1.31 bits per heavy atom. The molecule has 0 spiro atoms. The summed E-state index contributed by atoms with van der Waals surface area (Å²) < 4.78 is 0. The third-order valence-corrected chi connectivity index (χ3v) is 2.65. The van der Waals surface area contributed by atoms with E-state index in [1.807, 2.05) is 36.4 Å². The van der Waals surface area contributed by atoms with Gasteiger partial charge in [0, 0.05) is 5.02 Å². The van der Waals surface area contributed by atoms with Crippen molar-refractivity contribution in [2.24, 2.45) is 0 Å². The summed E-state index contributed by atoms with van der Waals surface area (Å²) in [5.74, 6) is 0. The van der Waals surface area contributed by atoms with Crippen molar-refractivity contribution in [3.05, 3.63) is 47.0 Å². The van der Waals surface area contributed by atoms with Crippen LogP contribution in [0.15, 0.2) is 36.4 Å². The van der Waals surface area contributed by atoms with Gasteiger partial charge in [-0.05, 0) is 24.1 Å². The zero-order valence-corrected chi connectivity index (χ0v) is 7.75. The van der Waals surface area contributed by atoms with Crippen LogP contribution in [0.4, 0.5) is 0 Å². The standard InChI is InChI=1S/C11H8ClN/c12-10-4-2-9(3-5-10)11(8-13)6-1-7-11/h1-6H,7H2. The molecule has 0 aliphatic heterocycles. The van der Waals surface area contributed by atoms with Gasteiger partial charge in [-0.2, -0.15) is 5.26 Å². The lowest BCUT2D eigenvalue weighted by atomic mass is 9.72. The SMILES string of the molecule is N#CC1(c2ccc(Cl)cc2)C=CC1. The van der Waals surface area contributed by atoms with Gasteiger partial charge in [0.1, 0.15) is 5.41 Å². The van der Waals surface area contributed by atoms with E-state index in [-0.39, 0.29) is 5.41 Å². The molecule has 0 saturated heterocycles. The minimum Gasteiger partial charge on any atom is -0.197 e. The van der Waals surface area contributed by atoms with Gasteiger partial charge < -0.3 is 0 Å². The average molecular weight is 190 g/mol. The first-order valence-electron chi connectivity index (χ1n) is 4.12. The Labute approximate surface area is 82.3 Å². The largest absolute Gasteiger partial charge is 0.197 e. The number of hydrogen-bond acceptors (Lipinski definition) is 1. The van der Waals surface area contributed by atoms with Gasteiger partial charge in [0.05, 0.1) is 6.07 Å². The summed E-state index contributed by atoms with van der Waals surface area (Å²) in [6, 6.07) is 9.79. The number of nitrogens with zero attached hydrogens (tertiary/aromatic N) is 1. The highest BCUT2D eigenvalue weighted by Crippen LogP contribution is 2.36. The van der Waals surface area contributed by atoms with Crippen LogP contribution in [0, 0.1) is 11.3 Å². The fourth-order valence-electron chi connectivity index (χ4n) is 1.46. The lowest BCUT2D eigenvalue weighted by molar-refractivity contribution is 0.639. The first-order valence-corrected chi connectivity index (χ1v) is 4.50. The summed E-state index contributed by atoms with van der Waals surface area (Å²) in [7, 11) is 0. The molecule has 0 fully saturated rings. The second-order valence-corrected chi connectivity index (χ2v) is 3.63. The molecule has 0 heterocycles. The molecular weight excluding hydrogens is 182 g/mol. The van der Waals surface area contributed by atoms with Crippen molar-refractivity contribution in [1.29, 1.82) is 5.26 Å². The molecule has 2 rings (SSSR count). The molecule has 1 aromatic carbocycles. The molecule has 1 aliphatic rings. The summed E-state index contributed by atoms with van der Waals surface area (Å²) >= 11 is 5.77. The van der Waals surface area contributed by atoms with E-state index in [4.69, 9.17) is 16.9 Å². The van der Waals surface area contributed by atoms with Crippen molar-refractivity contribution >= 4 is 11.6 Å². The molecule has 1 atom stereocenters. The average Bonchev–Trinajstić information content (AvgIpc) is 2.07. The van der Waals surface area contributed by atoms with Gasteiger partial charge >= 0.3 is 0 Å². The highest BCUT2D eigenvalue weighted by Gasteiger charge is 2.33. The smallest absolute Gasteiger partial charge is 0.104 e. The summed E-state index contributed by atoms with van der Waals surface area (Å²) in [4.78, 5) is 0. The van der Waals surface area contributed by atoms with E-state index in [1.165, 1.54) is 0 Å². The molecule has 2 heteroatoms. The van der Waals surface area contributed by atoms with E-state index in [1.54, 1.807) is 0 Å². The monoisotopic (exact) mass is 189 g/mol. The van der Waals surface area contributed by atoms with Crippen LogP contribution >= 0.6 is 11.6 Å². The molecule has 13 heavy (non-hydrogen) atoms. The van der Waals surface area contributed by atoms with E-state index >= 15 is 0 Å². The molecular formula is C11H8ClN. The van der Waals surface area contributed by atoms with E-state index < -0.39 is 0 Å². The number of allylic oxidation sites excluding steroid dienone is 2. The summed E-state index contributed by atoms with van der Waals surface area (Å²) in [5.41, 5.74) is 0.645. The minimum absolute atomic E-state index is 0.384. The van der Waals surface area contributed by atoms with Crippen LogP contribution < -0.4 is 0 Å². The summed E-state index contributed by atoms with van der Waals surface area (Å²) in [6.45, 7) is 0. The van der Waals surface area contributed by atoms with Crippen LogP contribution in [0.25, 0.3) is 0 Å². The van der Waals surface area contributed by atoms with Crippen molar-refractivity contribution < 1.29 is 0 Å². The molecule has 0 amide bonds. The molecule has 0 saturated carbocycles. The maximum atomic E-state index is 9.03. The van der Waals surface area contributed by atoms with E-state index in [9.17, 15) is 0 Å². The van der Waals surface area contributed by atoms with Gasteiger partial charge in [-0.1, -0.05) is 35.9 Å². The molecule has 1 aliphatic carbocycles.